The van der Waals surface area contributed by atoms with Gasteiger partial charge >= 0.3 is 6.09 Å². The topological polar surface area (TPSA) is 182 Å². The van der Waals surface area contributed by atoms with E-state index < -0.39 is 12.2 Å². The molecule has 4 amide bonds. The van der Waals surface area contributed by atoms with E-state index in [1.54, 1.807) is 18.0 Å². The van der Waals surface area contributed by atoms with Crippen molar-refractivity contribution in [3.8, 4) is 22.6 Å². The summed E-state index contributed by atoms with van der Waals surface area (Å²) in [5.41, 5.74) is 4.91. The van der Waals surface area contributed by atoms with Gasteiger partial charge in [0.05, 0.1) is 11.8 Å². The molecule has 14 heteroatoms. The molecule has 1 aliphatic carbocycles. The van der Waals surface area contributed by atoms with Crippen molar-refractivity contribution in [2.24, 2.45) is 11.8 Å². The quantitative estimate of drug-likeness (QED) is 0.0765. The summed E-state index contributed by atoms with van der Waals surface area (Å²) in [5, 5.41) is 32.4. The maximum Gasteiger partial charge on any atom is 0.411 e. The smallest absolute Gasteiger partial charge is 0.411 e. The van der Waals surface area contributed by atoms with Crippen LogP contribution in [0, 0.1) is 11.8 Å². The minimum absolute atomic E-state index is 0.0529. The van der Waals surface area contributed by atoms with Gasteiger partial charge in [-0.25, -0.2) is 4.79 Å². The zero-order valence-corrected chi connectivity index (χ0v) is 33.2. The molecule has 1 saturated carbocycles. The summed E-state index contributed by atoms with van der Waals surface area (Å²) in [4.78, 5) is 54.1. The van der Waals surface area contributed by atoms with Crippen molar-refractivity contribution in [3.05, 3.63) is 102 Å². The number of anilines is 3. The highest BCUT2D eigenvalue weighted by Gasteiger charge is 2.42. The van der Waals surface area contributed by atoms with Crippen molar-refractivity contribution in [1.82, 2.24) is 15.1 Å². The van der Waals surface area contributed by atoms with Crippen molar-refractivity contribution >= 4 is 40.9 Å². The molecule has 4 aromatic carbocycles. The lowest BCUT2D eigenvalue weighted by Crippen LogP contribution is -2.33. The molecule has 1 unspecified atom stereocenters. The number of para-hydroxylation sites is 1. The van der Waals surface area contributed by atoms with Gasteiger partial charge in [0.15, 0.2) is 12.4 Å². The fourth-order valence-electron chi connectivity index (χ4n) is 8.25. The molecule has 14 nitrogen and oxygen atoms in total. The number of carbonyl (C=O) groups is 4. The molecule has 2 fully saturated rings. The van der Waals surface area contributed by atoms with E-state index in [4.69, 9.17) is 9.47 Å². The number of phenolic OH excluding ortho intramolecular Hbond substituents is 1. The zero-order chi connectivity index (χ0) is 41.3. The third-order valence-corrected chi connectivity index (χ3v) is 11.3. The highest BCUT2D eigenvalue weighted by molar-refractivity contribution is 5.97. The number of hydrogen-bond donors (Lipinski definition) is 6. The van der Waals surface area contributed by atoms with Crippen LogP contribution in [0.3, 0.4) is 0 Å². The Morgan fingerprint density at radius 1 is 0.932 bits per heavy atom. The molecule has 1 saturated heterocycles. The predicted molar refractivity (Wildman–Crippen MR) is 224 cm³/mol. The number of aromatic hydroxyl groups is 1. The monoisotopic (exact) mass is 804 g/mol. The van der Waals surface area contributed by atoms with Crippen LogP contribution in [0.25, 0.3) is 11.1 Å². The number of nitrogens with zero attached hydrogens (tertiary/aromatic N) is 2. The molecule has 3 aliphatic rings. The number of nitrogens with one attached hydrogen (secondary N) is 4. The van der Waals surface area contributed by atoms with Gasteiger partial charge in [-0.3, -0.25) is 19.7 Å². The normalized spacial score (nSPS) is 18.8. The van der Waals surface area contributed by atoms with Gasteiger partial charge < -0.3 is 45.4 Å². The van der Waals surface area contributed by atoms with Crippen LogP contribution in [0.2, 0.25) is 0 Å². The molecule has 59 heavy (non-hydrogen) atoms. The molecule has 2 heterocycles. The first-order valence-corrected chi connectivity index (χ1v) is 20.2. The van der Waals surface area contributed by atoms with Crippen LogP contribution in [-0.4, -0.2) is 96.3 Å². The fraction of sp³-hybridized carbons (Fsp3) is 0.378. The molecular weight excluding hydrogens is 753 g/mol. The summed E-state index contributed by atoms with van der Waals surface area (Å²) in [6, 6.07) is 28.0. The van der Waals surface area contributed by atoms with Crippen LogP contribution in [0.15, 0.2) is 91.0 Å². The van der Waals surface area contributed by atoms with Crippen LogP contribution in [-0.2, 0) is 25.7 Å². The number of fused-ring (bicyclic) bond motifs is 2. The number of ether oxygens (including phenoxy) is 2. The maximum absolute atomic E-state index is 12.9. The standard InChI is InChI=1S/C45H52N6O8/c1-50(20-7-12-40(54)47-33-15-13-29(14-16-33)24-46-25-39(53)36-17-18-38(52)43-44(36)58-28-41(55)49-43)42(56)19-21-51-26-31-22-34(23-32(31)27-51)59-45(57)48-37-11-6-5-10-35(37)30-8-3-2-4-9-30/h2-6,8-11,13-18,31-32,34,39,46,52-53H,7,12,19-28H2,1H3,(H,47,54)(H,48,57)(H,49,55)/t31-,32?,34-,39+/m1/s1. The van der Waals surface area contributed by atoms with E-state index in [1.807, 2.05) is 78.9 Å². The van der Waals surface area contributed by atoms with Crippen molar-refractivity contribution in [3.63, 3.8) is 0 Å². The molecule has 6 N–H and O–H groups in total. The number of aliphatic hydroxyl groups is 1. The van der Waals surface area contributed by atoms with Gasteiger partial charge in [0.25, 0.3) is 5.91 Å². The fourth-order valence-corrected chi connectivity index (χ4v) is 8.25. The highest BCUT2D eigenvalue weighted by atomic mass is 16.6. The lowest BCUT2D eigenvalue weighted by atomic mass is 10.0. The molecule has 7 rings (SSSR count). The minimum Gasteiger partial charge on any atom is -0.506 e. The molecule has 4 aromatic rings. The van der Waals surface area contributed by atoms with Gasteiger partial charge in [-0.2, -0.15) is 0 Å². The van der Waals surface area contributed by atoms with E-state index in [1.165, 1.54) is 6.07 Å². The number of rotatable bonds is 16. The number of amides is 4. The van der Waals surface area contributed by atoms with E-state index in [0.29, 0.717) is 55.6 Å². The van der Waals surface area contributed by atoms with Gasteiger partial charge in [-0.05, 0) is 72.6 Å². The van der Waals surface area contributed by atoms with Gasteiger partial charge in [0, 0.05) is 76.0 Å². The number of likely N-dealkylation sites (tertiary alicyclic amines) is 1. The Balaban J connectivity index is 0.748. The third kappa shape index (κ3) is 10.8. The maximum atomic E-state index is 12.9. The Morgan fingerprint density at radius 2 is 1.66 bits per heavy atom. The Morgan fingerprint density at radius 3 is 2.42 bits per heavy atom. The van der Waals surface area contributed by atoms with Crippen molar-refractivity contribution < 1.29 is 38.9 Å². The predicted octanol–water partition coefficient (Wildman–Crippen LogP) is 5.74. The summed E-state index contributed by atoms with van der Waals surface area (Å²) in [6.07, 6.45) is 1.39. The van der Waals surface area contributed by atoms with Crippen LogP contribution < -0.4 is 26.0 Å². The molecular formula is C45H52N6O8. The van der Waals surface area contributed by atoms with Gasteiger partial charge in [-0.1, -0.05) is 60.7 Å². The average molecular weight is 805 g/mol. The third-order valence-electron chi connectivity index (χ3n) is 11.3. The van der Waals surface area contributed by atoms with E-state index in [2.05, 4.69) is 26.2 Å². The Kier molecular flexibility index (Phi) is 13.4. The van der Waals surface area contributed by atoms with Crippen molar-refractivity contribution in [2.75, 3.05) is 62.3 Å². The number of carbonyl (C=O) groups excluding carboxylic acids is 4. The second kappa shape index (κ2) is 19.2. The van der Waals surface area contributed by atoms with Crippen LogP contribution >= 0.6 is 0 Å². The Hall–Kier alpha value is -5.96. The van der Waals surface area contributed by atoms with Crippen LogP contribution in [0.5, 0.6) is 11.5 Å². The Labute approximate surface area is 343 Å². The summed E-state index contributed by atoms with van der Waals surface area (Å²) < 4.78 is 11.3. The van der Waals surface area contributed by atoms with Gasteiger partial charge in [0.1, 0.15) is 17.5 Å². The van der Waals surface area contributed by atoms with E-state index in [9.17, 15) is 29.4 Å². The first-order valence-electron chi connectivity index (χ1n) is 20.2. The molecule has 310 valence electrons. The lowest BCUT2D eigenvalue weighted by molar-refractivity contribution is -0.130. The van der Waals surface area contributed by atoms with Gasteiger partial charge in [-0.15, -0.1) is 0 Å². The molecule has 0 bridgehead atoms. The summed E-state index contributed by atoms with van der Waals surface area (Å²) in [7, 11) is 1.78. The van der Waals surface area contributed by atoms with Gasteiger partial charge in [0.2, 0.25) is 11.8 Å². The summed E-state index contributed by atoms with van der Waals surface area (Å²) in [5.74, 6) is 0.552. The second-order valence-electron chi connectivity index (χ2n) is 15.6. The summed E-state index contributed by atoms with van der Waals surface area (Å²) >= 11 is 0. The molecule has 2 aliphatic heterocycles. The number of aliphatic hydroxyl groups excluding tert-OH is 1. The van der Waals surface area contributed by atoms with E-state index in [-0.39, 0.29) is 60.6 Å². The average Bonchev–Trinajstić information content (AvgIpc) is 3.79. The van der Waals surface area contributed by atoms with E-state index >= 15 is 0 Å². The molecule has 0 radical (unpaired) electrons. The Bertz CT molecular complexity index is 2100. The van der Waals surface area contributed by atoms with E-state index in [0.717, 1.165) is 48.3 Å². The molecule has 4 atom stereocenters. The van der Waals surface area contributed by atoms with Crippen LogP contribution in [0.1, 0.15) is 49.3 Å². The first-order chi connectivity index (χ1) is 28.6. The van der Waals surface area contributed by atoms with Crippen molar-refractivity contribution in [1.29, 1.82) is 0 Å². The SMILES string of the molecule is CN(CCCC(=O)Nc1ccc(CNC[C@H](O)c2ccc(O)c3c2OCC(=O)N3)cc1)C(=O)CCN1CC2C[C@H](OC(=O)Nc3ccccc3-c3ccccc3)C[C@@H]2C1. The second-order valence-corrected chi connectivity index (χ2v) is 15.6. The number of phenols is 1. The summed E-state index contributed by atoms with van der Waals surface area (Å²) in [6.45, 7) is 3.42. The highest BCUT2D eigenvalue weighted by Crippen LogP contribution is 2.42. The van der Waals surface area contributed by atoms with Crippen molar-refractivity contribution in [2.45, 2.75) is 50.9 Å². The first kappa shape index (κ1) is 41.2. The van der Waals surface area contributed by atoms with Crippen LogP contribution in [0.4, 0.5) is 21.9 Å². The molecule has 0 spiro atoms. The number of benzene rings is 4. The lowest BCUT2D eigenvalue weighted by Gasteiger charge is -2.24. The minimum atomic E-state index is -0.939. The number of hydrogen-bond acceptors (Lipinski definition) is 10. The zero-order valence-electron chi connectivity index (χ0n) is 33.2. The molecule has 0 aromatic heterocycles. The largest absolute Gasteiger partial charge is 0.506 e.